The standard InChI is InChI=1S/C17H29N3O3/c1-4-20-10-6-5-7-14(20)11-18-16(21)19-12-17(3,22)15-9-8-13(2)23-15/h8-9,14,22H,4-7,10-12H2,1-3H3,(H2,18,19,21)/t14-,17+/m1/s1. The molecule has 1 aliphatic heterocycles. The molecule has 0 aromatic carbocycles. The summed E-state index contributed by atoms with van der Waals surface area (Å²) in [5, 5.41) is 16.0. The first-order valence-corrected chi connectivity index (χ1v) is 8.47. The number of nitrogens with one attached hydrogen (secondary N) is 2. The third kappa shape index (κ3) is 4.97. The fourth-order valence-corrected chi connectivity index (χ4v) is 3.04. The van der Waals surface area contributed by atoms with Gasteiger partial charge in [0.05, 0.1) is 6.54 Å². The first kappa shape index (κ1) is 17.8. The molecule has 130 valence electrons. The molecule has 1 saturated heterocycles. The lowest BCUT2D eigenvalue weighted by Crippen LogP contribution is -2.50. The number of furan rings is 1. The van der Waals surface area contributed by atoms with E-state index in [9.17, 15) is 9.90 Å². The molecule has 6 heteroatoms. The lowest BCUT2D eigenvalue weighted by atomic mass is 10.0. The largest absolute Gasteiger partial charge is 0.463 e. The van der Waals surface area contributed by atoms with Crippen molar-refractivity contribution in [2.24, 2.45) is 0 Å². The average Bonchev–Trinajstić information content (AvgIpc) is 2.98. The number of amides is 2. The number of aliphatic hydroxyl groups is 1. The molecular weight excluding hydrogens is 294 g/mol. The van der Waals surface area contributed by atoms with Crippen LogP contribution in [0.4, 0.5) is 4.79 Å². The summed E-state index contributed by atoms with van der Waals surface area (Å²) in [7, 11) is 0. The molecule has 23 heavy (non-hydrogen) atoms. The lowest BCUT2D eigenvalue weighted by Gasteiger charge is -2.35. The summed E-state index contributed by atoms with van der Waals surface area (Å²) < 4.78 is 5.44. The number of carbonyl (C=O) groups is 1. The second kappa shape index (κ2) is 7.84. The topological polar surface area (TPSA) is 77.7 Å². The number of piperidine rings is 1. The van der Waals surface area contributed by atoms with Crippen molar-refractivity contribution in [2.45, 2.75) is 51.7 Å². The minimum absolute atomic E-state index is 0.105. The van der Waals surface area contributed by atoms with Gasteiger partial charge in [-0.2, -0.15) is 0 Å². The molecule has 6 nitrogen and oxygen atoms in total. The van der Waals surface area contributed by atoms with E-state index in [-0.39, 0.29) is 12.6 Å². The zero-order chi connectivity index (χ0) is 16.9. The van der Waals surface area contributed by atoms with Crippen LogP contribution in [0, 0.1) is 6.92 Å². The van der Waals surface area contributed by atoms with Gasteiger partial charge < -0.3 is 20.2 Å². The molecule has 0 radical (unpaired) electrons. The molecular formula is C17H29N3O3. The van der Waals surface area contributed by atoms with Crippen LogP contribution in [-0.2, 0) is 5.60 Å². The van der Waals surface area contributed by atoms with Crippen molar-refractivity contribution in [3.63, 3.8) is 0 Å². The van der Waals surface area contributed by atoms with E-state index in [2.05, 4.69) is 22.5 Å². The molecule has 2 rings (SSSR count). The third-order valence-corrected chi connectivity index (χ3v) is 4.52. The van der Waals surface area contributed by atoms with Crippen molar-refractivity contribution in [3.05, 3.63) is 23.7 Å². The summed E-state index contributed by atoms with van der Waals surface area (Å²) in [5.41, 5.74) is -1.22. The number of nitrogens with zero attached hydrogens (tertiary/aromatic N) is 1. The van der Waals surface area contributed by atoms with Crippen molar-refractivity contribution >= 4 is 6.03 Å². The Labute approximate surface area is 138 Å². The highest BCUT2D eigenvalue weighted by molar-refractivity contribution is 5.73. The van der Waals surface area contributed by atoms with E-state index >= 15 is 0 Å². The van der Waals surface area contributed by atoms with E-state index < -0.39 is 5.60 Å². The highest BCUT2D eigenvalue weighted by Gasteiger charge is 2.27. The van der Waals surface area contributed by atoms with Crippen molar-refractivity contribution in [1.82, 2.24) is 15.5 Å². The summed E-state index contributed by atoms with van der Waals surface area (Å²) >= 11 is 0. The first-order chi connectivity index (χ1) is 10.9. The molecule has 1 fully saturated rings. The Morgan fingerprint density at radius 3 is 2.87 bits per heavy atom. The fraction of sp³-hybridized carbons (Fsp3) is 0.706. The predicted octanol–water partition coefficient (Wildman–Crippen LogP) is 1.97. The second-order valence-electron chi connectivity index (χ2n) is 6.53. The molecule has 0 aliphatic carbocycles. The minimum atomic E-state index is -1.22. The van der Waals surface area contributed by atoms with Crippen LogP contribution in [-0.4, -0.2) is 48.3 Å². The van der Waals surface area contributed by atoms with Gasteiger partial charge in [0.2, 0.25) is 0 Å². The zero-order valence-corrected chi connectivity index (χ0v) is 14.4. The average molecular weight is 323 g/mol. The molecule has 1 aliphatic rings. The molecule has 2 atom stereocenters. The molecule has 0 saturated carbocycles. The Morgan fingerprint density at radius 2 is 2.22 bits per heavy atom. The van der Waals surface area contributed by atoms with Gasteiger partial charge in [-0.05, 0) is 51.9 Å². The van der Waals surface area contributed by atoms with Crippen LogP contribution in [0.1, 0.15) is 44.6 Å². The number of rotatable bonds is 6. The van der Waals surface area contributed by atoms with Gasteiger partial charge in [-0.15, -0.1) is 0 Å². The maximum atomic E-state index is 12.0. The highest BCUT2D eigenvalue weighted by Crippen LogP contribution is 2.21. The number of carbonyl (C=O) groups excluding carboxylic acids is 1. The van der Waals surface area contributed by atoms with E-state index in [1.165, 1.54) is 12.8 Å². The second-order valence-corrected chi connectivity index (χ2v) is 6.53. The smallest absolute Gasteiger partial charge is 0.314 e. The van der Waals surface area contributed by atoms with Crippen molar-refractivity contribution < 1.29 is 14.3 Å². The fourth-order valence-electron chi connectivity index (χ4n) is 3.04. The minimum Gasteiger partial charge on any atom is -0.463 e. The number of likely N-dealkylation sites (N-methyl/N-ethyl adjacent to an activating group) is 1. The molecule has 0 spiro atoms. The van der Waals surface area contributed by atoms with Crippen LogP contribution in [0.3, 0.4) is 0 Å². The number of hydrogen-bond acceptors (Lipinski definition) is 4. The number of hydrogen-bond donors (Lipinski definition) is 3. The quantitative estimate of drug-likeness (QED) is 0.748. The number of likely N-dealkylation sites (tertiary alicyclic amines) is 1. The van der Waals surface area contributed by atoms with Gasteiger partial charge in [0.1, 0.15) is 17.1 Å². The molecule has 1 aromatic rings. The van der Waals surface area contributed by atoms with E-state index in [1.54, 1.807) is 19.1 Å². The van der Waals surface area contributed by atoms with E-state index in [4.69, 9.17) is 4.42 Å². The van der Waals surface area contributed by atoms with Gasteiger partial charge in [-0.3, -0.25) is 4.90 Å². The van der Waals surface area contributed by atoms with Crippen LogP contribution in [0.5, 0.6) is 0 Å². The Morgan fingerprint density at radius 1 is 1.43 bits per heavy atom. The summed E-state index contributed by atoms with van der Waals surface area (Å²) in [4.78, 5) is 14.4. The Bertz CT molecular complexity index is 513. The molecule has 0 unspecified atom stereocenters. The SMILES string of the molecule is CCN1CCCC[C@@H]1CNC(=O)NC[C@](C)(O)c1ccc(C)o1. The Balaban J connectivity index is 1.76. The van der Waals surface area contributed by atoms with Gasteiger partial charge in [0.25, 0.3) is 0 Å². The van der Waals surface area contributed by atoms with Crippen molar-refractivity contribution in [3.8, 4) is 0 Å². The van der Waals surface area contributed by atoms with Crippen LogP contribution >= 0.6 is 0 Å². The van der Waals surface area contributed by atoms with Gasteiger partial charge in [0, 0.05) is 12.6 Å². The number of urea groups is 1. The highest BCUT2D eigenvalue weighted by atomic mass is 16.4. The molecule has 3 N–H and O–H groups in total. The van der Waals surface area contributed by atoms with E-state index in [0.717, 1.165) is 25.3 Å². The maximum absolute atomic E-state index is 12.0. The van der Waals surface area contributed by atoms with Crippen molar-refractivity contribution in [2.75, 3.05) is 26.2 Å². The normalized spacial score (nSPS) is 21.7. The Hall–Kier alpha value is -1.53. The van der Waals surface area contributed by atoms with Gasteiger partial charge in [0.15, 0.2) is 0 Å². The van der Waals surface area contributed by atoms with Crippen LogP contribution < -0.4 is 10.6 Å². The van der Waals surface area contributed by atoms with Gasteiger partial charge in [-0.1, -0.05) is 13.3 Å². The summed E-state index contributed by atoms with van der Waals surface area (Å²) in [6.45, 7) is 8.48. The zero-order valence-electron chi connectivity index (χ0n) is 14.4. The summed E-state index contributed by atoms with van der Waals surface area (Å²) in [6.07, 6.45) is 3.58. The van der Waals surface area contributed by atoms with Crippen LogP contribution in [0.25, 0.3) is 0 Å². The van der Waals surface area contributed by atoms with E-state index in [0.29, 0.717) is 18.3 Å². The van der Waals surface area contributed by atoms with E-state index in [1.807, 2.05) is 6.92 Å². The third-order valence-electron chi connectivity index (χ3n) is 4.52. The van der Waals surface area contributed by atoms with Crippen LogP contribution in [0.15, 0.2) is 16.5 Å². The summed E-state index contributed by atoms with van der Waals surface area (Å²) in [6, 6.07) is 3.69. The summed E-state index contributed by atoms with van der Waals surface area (Å²) in [5.74, 6) is 1.20. The maximum Gasteiger partial charge on any atom is 0.314 e. The Kier molecular flexibility index (Phi) is 6.07. The van der Waals surface area contributed by atoms with Crippen LogP contribution in [0.2, 0.25) is 0 Å². The molecule has 1 aromatic heterocycles. The molecule has 2 heterocycles. The van der Waals surface area contributed by atoms with Crippen molar-refractivity contribution in [1.29, 1.82) is 0 Å². The lowest BCUT2D eigenvalue weighted by molar-refractivity contribution is 0.0359. The predicted molar refractivity (Wildman–Crippen MR) is 89.3 cm³/mol. The monoisotopic (exact) mass is 323 g/mol. The van der Waals surface area contributed by atoms with Gasteiger partial charge in [-0.25, -0.2) is 4.79 Å². The first-order valence-electron chi connectivity index (χ1n) is 8.47. The molecule has 2 amide bonds. The van der Waals surface area contributed by atoms with Gasteiger partial charge >= 0.3 is 6.03 Å². The molecule has 0 bridgehead atoms. The number of aryl methyl sites for hydroxylation is 1.